The highest BCUT2D eigenvalue weighted by Gasteiger charge is 2.04. The van der Waals surface area contributed by atoms with Crippen LogP contribution in [0.4, 0.5) is 0 Å². The molecule has 28 heavy (non-hydrogen) atoms. The SMILES string of the molecule is CS(=O)(=O)OCCc1ccc(OCc2coc(/C=C/c3ccccc3)n2)cc1. The Bertz CT molecular complexity index is 1010. The fourth-order valence-corrected chi connectivity index (χ4v) is 2.80. The number of aromatic nitrogens is 1. The van der Waals surface area contributed by atoms with Crippen LogP contribution >= 0.6 is 0 Å². The Morgan fingerprint density at radius 3 is 2.50 bits per heavy atom. The Hall–Kier alpha value is -2.90. The zero-order chi connectivity index (χ0) is 19.8. The average Bonchev–Trinajstić information content (AvgIpc) is 3.14. The molecule has 0 amide bonds. The summed E-state index contributed by atoms with van der Waals surface area (Å²) in [5.41, 5.74) is 2.73. The predicted molar refractivity (Wildman–Crippen MR) is 107 cm³/mol. The van der Waals surface area contributed by atoms with E-state index >= 15 is 0 Å². The summed E-state index contributed by atoms with van der Waals surface area (Å²) in [4.78, 5) is 4.37. The van der Waals surface area contributed by atoms with Crippen molar-refractivity contribution in [1.82, 2.24) is 4.98 Å². The van der Waals surface area contributed by atoms with Crippen molar-refractivity contribution >= 4 is 22.3 Å². The zero-order valence-corrected chi connectivity index (χ0v) is 16.3. The van der Waals surface area contributed by atoms with Gasteiger partial charge in [-0.25, -0.2) is 4.98 Å². The number of hydrogen-bond donors (Lipinski definition) is 0. The molecule has 1 heterocycles. The summed E-state index contributed by atoms with van der Waals surface area (Å²) in [5, 5.41) is 0. The van der Waals surface area contributed by atoms with Crippen molar-refractivity contribution < 1.29 is 21.8 Å². The first-order valence-electron chi connectivity index (χ1n) is 8.72. The van der Waals surface area contributed by atoms with Gasteiger partial charge in [-0.2, -0.15) is 8.42 Å². The smallest absolute Gasteiger partial charge is 0.264 e. The molecular weight excluding hydrogens is 378 g/mol. The number of nitrogens with zero attached hydrogens (tertiary/aromatic N) is 1. The molecule has 0 aliphatic rings. The van der Waals surface area contributed by atoms with Crippen LogP contribution in [0.25, 0.3) is 12.2 Å². The van der Waals surface area contributed by atoms with Crippen molar-refractivity contribution in [1.29, 1.82) is 0 Å². The summed E-state index contributed by atoms with van der Waals surface area (Å²) in [6.45, 7) is 0.413. The van der Waals surface area contributed by atoms with Gasteiger partial charge in [0.15, 0.2) is 0 Å². The maximum Gasteiger partial charge on any atom is 0.264 e. The summed E-state index contributed by atoms with van der Waals surface area (Å²) < 4.78 is 37.8. The molecule has 7 heteroatoms. The van der Waals surface area contributed by atoms with Crippen LogP contribution in [0.5, 0.6) is 5.75 Å². The van der Waals surface area contributed by atoms with Crippen molar-refractivity contribution in [3.63, 3.8) is 0 Å². The lowest BCUT2D eigenvalue weighted by atomic mass is 10.1. The van der Waals surface area contributed by atoms with E-state index in [0.717, 1.165) is 17.4 Å². The van der Waals surface area contributed by atoms with Crippen LogP contribution in [0.3, 0.4) is 0 Å². The molecule has 0 bridgehead atoms. The Morgan fingerprint density at radius 1 is 1.04 bits per heavy atom. The second-order valence-corrected chi connectivity index (χ2v) is 7.77. The minimum atomic E-state index is -3.41. The molecule has 0 aliphatic heterocycles. The first-order valence-corrected chi connectivity index (χ1v) is 10.5. The molecule has 0 radical (unpaired) electrons. The van der Waals surface area contributed by atoms with E-state index in [1.165, 1.54) is 0 Å². The molecule has 2 aromatic carbocycles. The van der Waals surface area contributed by atoms with E-state index in [9.17, 15) is 8.42 Å². The predicted octanol–water partition coefficient (Wildman–Crippen LogP) is 3.94. The molecule has 146 valence electrons. The van der Waals surface area contributed by atoms with Gasteiger partial charge in [0.05, 0.1) is 12.9 Å². The van der Waals surface area contributed by atoms with Crippen LogP contribution in [0, 0.1) is 0 Å². The highest BCUT2D eigenvalue weighted by molar-refractivity contribution is 7.85. The highest BCUT2D eigenvalue weighted by Crippen LogP contribution is 2.15. The first-order chi connectivity index (χ1) is 13.5. The fourth-order valence-electron chi connectivity index (χ4n) is 2.42. The number of rotatable bonds is 9. The lowest BCUT2D eigenvalue weighted by Gasteiger charge is -2.06. The molecule has 3 aromatic rings. The van der Waals surface area contributed by atoms with E-state index in [1.54, 1.807) is 6.26 Å². The summed E-state index contributed by atoms with van der Waals surface area (Å²) in [7, 11) is -3.41. The van der Waals surface area contributed by atoms with E-state index in [1.807, 2.05) is 66.7 Å². The van der Waals surface area contributed by atoms with E-state index in [2.05, 4.69) is 4.98 Å². The summed E-state index contributed by atoms with van der Waals surface area (Å²) in [5.74, 6) is 1.21. The Kier molecular flexibility index (Phi) is 6.62. The molecule has 0 atom stereocenters. The second-order valence-electron chi connectivity index (χ2n) is 6.13. The van der Waals surface area contributed by atoms with Gasteiger partial charge in [-0.15, -0.1) is 0 Å². The number of benzene rings is 2. The quantitative estimate of drug-likeness (QED) is 0.507. The fraction of sp³-hybridized carbons (Fsp3) is 0.190. The Morgan fingerprint density at radius 2 is 1.79 bits per heavy atom. The minimum absolute atomic E-state index is 0.122. The van der Waals surface area contributed by atoms with Gasteiger partial charge in [0.2, 0.25) is 5.89 Å². The lowest BCUT2D eigenvalue weighted by molar-refractivity contribution is 0.300. The standard InChI is InChI=1S/C21H21NO5S/c1-28(23,24)27-14-13-18-7-10-20(11-8-18)25-15-19-16-26-21(22-19)12-9-17-5-3-2-4-6-17/h2-12,16H,13-15H2,1H3/b12-9+. The van der Waals surface area contributed by atoms with Crippen LogP contribution < -0.4 is 4.74 Å². The maximum absolute atomic E-state index is 11.0. The molecule has 0 aliphatic carbocycles. The van der Waals surface area contributed by atoms with E-state index in [-0.39, 0.29) is 6.61 Å². The Balaban J connectivity index is 1.48. The third-order valence-electron chi connectivity index (χ3n) is 3.79. The third kappa shape index (κ3) is 6.68. The van der Waals surface area contributed by atoms with Crippen LogP contribution in [-0.2, 0) is 27.3 Å². The maximum atomic E-state index is 11.0. The van der Waals surface area contributed by atoms with Crippen molar-refractivity contribution in [3.8, 4) is 5.75 Å². The van der Waals surface area contributed by atoms with Crippen LogP contribution in [0.1, 0.15) is 22.7 Å². The number of ether oxygens (including phenoxy) is 1. The molecular formula is C21H21NO5S. The molecule has 1 aromatic heterocycles. The lowest BCUT2D eigenvalue weighted by Crippen LogP contribution is -2.06. The number of oxazole rings is 1. The number of hydrogen-bond acceptors (Lipinski definition) is 6. The van der Waals surface area contributed by atoms with Gasteiger partial charge < -0.3 is 9.15 Å². The molecule has 0 saturated carbocycles. The largest absolute Gasteiger partial charge is 0.487 e. The van der Waals surface area contributed by atoms with Crippen molar-refractivity contribution in [2.45, 2.75) is 13.0 Å². The summed E-state index contributed by atoms with van der Waals surface area (Å²) >= 11 is 0. The van der Waals surface area contributed by atoms with Crippen LogP contribution in [-0.4, -0.2) is 26.3 Å². The van der Waals surface area contributed by atoms with Gasteiger partial charge in [0.25, 0.3) is 10.1 Å². The monoisotopic (exact) mass is 399 g/mol. The van der Waals surface area contributed by atoms with E-state index in [0.29, 0.717) is 30.4 Å². The molecule has 0 unspecified atom stereocenters. The third-order valence-corrected chi connectivity index (χ3v) is 4.38. The minimum Gasteiger partial charge on any atom is -0.487 e. The van der Waals surface area contributed by atoms with Crippen LogP contribution in [0.2, 0.25) is 0 Å². The second kappa shape index (κ2) is 9.34. The van der Waals surface area contributed by atoms with Gasteiger partial charge >= 0.3 is 0 Å². The average molecular weight is 399 g/mol. The van der Waals surface area contributed by atoms with Gasteiger partial charge in [-0.1, -0.05) is 42.5 Å². The highest BCUT2D eigenvalue weighted by atomic mass is 32.2. The zero-order valence-electron chi connectivity index (χ0n) is 15.4. The molecule has 6 nitrogen and oxygen atoms in total. The molecule has 0 spiro atoms. The van der Waals surface area contributed by atoms with Gasteiger partial charge in [0, 0.05) is 6.08 Å². The summed E-state index contributed by atoms with van der Waals surface area (Å²) in [6.07, 6.45) is 6.86. The Labute approximate surface area is 164 Å². The van der Waals surface area contributed by atoms with Gasteiger partial charge in [-0.05, 0) is 35.8 Å². The van der Waals surface area contributed by atoms with E-state index in [4.69, 9.17) is 13.3 Å². The summed E-state index contributed by atoms with van der Waals surface area (Å²) in [6, 6.07) is 17.3. The molecule has 3 rings (SSSR count). The molecule has 0 fully saturated rings. The topological polar surface area (TPSA) is 78.6 Å². The van der Waals surface area contributed by atoms with Crippen molar-refractivity contribution in [3.05, 3.63) is 83.6 Å². The molecule has 0 N–H and O–H groups in total. The molecule has 0 saturated heterocycles. The van der Waals surface area contributed by atoms with E-state index < -0.39 is 10.1 Å². The van der Waals surface area contributed by atoms with Gasteiger partial charge in [-0.3, -0.25) is 4.18 Å². The van der Waals surface area contributed by atoms with Gasteiger partial charge in [0.1, 0.15) is 24.3 Å². The van der Waals surface area contributed by atoms with Crippen LogP contribution in [0.15, 0.2) is 65.3 Å². The van der Waals surface area contributed by atoms with Crippen molar-refractivity contribution in [2.75, 3.05) is 12.9 Å². The normalized spacial score (nSPS) is 11.8. The first kappa shape index (κ1) is 19.9. The van der Waals surface area contributed by atoms with Crippen molar-refractivity contribution in [2.24, 2.45) is 0 Å².